The zero-order valence-electron chi connectivity index (χ0n) is 16.0. The van der Waals surface area contributed by atoms with E-state index in [1.54, 1.807) is 24.3 Å². The van der Waals surface area contributed by atoms with E-state index in [-0.39, 0.29) is 5.92 Å². The van der Waals surface area contributed by atoms with Crippen molar-refractivity contribution < 1.29 is 49.2 Å². The molecule has 2 aliphatic rings. The van der Waals surface area contributed by atoms with Gasteiger partial charge in [0.15, 0.2) is 0 Å². The summed E-state index contributed by atoms with van der Waals surface area (Å²) in [5, 5.41) is -3.26. The number of rotatable bonds is 6. The second kappa shape index (κ2) is 8.66. The fraction of sp³-hybridized carbons (Fsp3) is 0.556. The maximum absolute atomic E-state index is 13.8. The number of carbonyl (C=O) groups is 2. The number of hydrogen-bond acceptors (Lipinski definition) is 5. The molecule has 0 heterocycles. The molecule has 0 spiro atoms. The van der Waals surface area contributed by atoms with Gasteiger partial charge in [-0.2, -0.15) is 30.4 Å². The number of hydrogen-bond donors (Lipinski definition) is 2. The molecule has 2 bridgehead atoms. The van der Waals surface area contributed by atoms with Gasteiger partial charge in [-0.1, -0.05) is 0 Å². The monoisotopic (exact) mass is 597 g/mol. The number of benzene rings is 1. The first-order chi connectivity index (χ1) is 14.6. The van der Waals surface area contributed by atoms with Crippen molar-refractivity contribution in [3.63, 3.8) is 0 Å². The molecule has 1 aromatic rings. The molecule has 1 amide bonds. The first-order valence-electron chi connectivity index (χ1n) is 9.31. The van der Waals surface area contributed by atoms with E-state index >= 15 is 0 Å². The maximum Gasteiger partial charge on any atom is 0.432 e. The predicted molar refractivity (Wildman–Crippen MR) is 108 cm³/mol. The van der Waals surface area contributed by atoms with E-state index in [0.717, 1.165) is 3.57 Å². The van der Waals surface area contributed by atoms with Gasteiger partial charge in [0.1, 0.15) is 0 Å². The van der Waals surface area contributed by atoms with Crippen LogP contribution < -0.4 is 5.32 Å². The fourth-order valence-corrected chi connectivity index (χ4v) is 5.23. The molecule has 0 radical (unpaired) electrons. The molecule has 0 saturated heterocycles. The van der Waals surface area contributed by atoms with Crippen molar-refractivity contribution in [1.82, 2.24) is 0 Å². The quantitative estimate of drug-likeness (QED) is 0.223. The first-order valence-corrected chi connectivity index (χ1v) is 11.8. The lowest BCUT2D eigenvalue weighted by molar-refractivity contribution is -0.261. The van der Waals surface area contributed by atoms with E-state index in [9.17, 15) is 40.0 Å². The van der Waals surface area contributed by atoms with Crippen molar-refractivity contribution in [1.29, 1.82) is 0 Å². The number of alkyl halides is 5. The molecule has 178 valence electrons. The Kier molecular flexibility index (Phi) is 6.79. The van der Waals surface area contributed by atoms with Gasteiger partial charge < -0.3 is 10.1 Å². The Balaban J connectivity index is 1.84. The highest BCUT2D eigenvalue weighted by atomic mass is 127. The van der Waals surface area contributed by atoms with Crippen LogP contribution in [0.2, 0.25) is 0 Å². The number of halogens is 6. The largest absolute Gasteiger partial charge is 0.444 e. The van der Waals surface area contributed by atoms with Crippen LogP contribution in [0.25, 0.3) is 0 Å². The van der Waals surface area contributed by atoms with Gasteiger partial charge in [-0.15, -0.1) is 0 Å². The molecule has 7 nitrogen and oxygen atoms in total. The van der Waals surface area contributed by atoms with Crippen LogP contribution in [0.5, 0.6) is 0 Å². The molecule has 5 unspecified atom stereocenters. The number of nitrogens with one attached hydrogen (secondary N) is 1. The average Bonchev–Trinajstić information content (AvgIpc) is 3.27. The van der Waals surface area contributed by atoms with E-state index < -0.39 is 57.3 Å². The molecule has 2 aliphatic carbocycles. The summed E-state index contributed by atoms with van der Waals surface area (Å²) in [6.07, 6.45) is -9.20. The summed E-state index contributed by atoms with van der Waals surface area (Å²) in [4.78, 5) is 25.4. The summed E-state index contributed by atoms with van der Waals surface area (Å²) >= 11 is 2.04. The number of amides is 1. The van der Waals surface area contributed by atoms with Crippen LogP contribution >= 0.6 is 22.6 Å². The Labute approximate surface area is 193 Å². The normalized spacial score (nSPS) is 26.6. The second-order valence-corrected chi connectivity index (χ2v) is 10.5. The lowest BCUT2D eigenvalue weighted by atomic mass is 9.78. The van der Waals surface area contributed by atoms with Crippen molar-refractivity contribution >= 4 is 50.3 Å². The minimum absolute atomic E-state index is 0.315. The zero-order valence-corrected chi connectivity index (χ0v) is 19.0. The molecule has 2 saturated carbocycles. The Bertz CT molecular complexity index is 1000. The summed E-state index contributed by atoms with van der Waals surface area (Å²) in [5.74, 6) is -5.97. The summed E-state index contributed by atoms with van der Waals surface area (Å²) in [7, 11) is -6.55. The molecular weight excluding hydrogens is 580 g/mol. The van der Waals surface area contributed by atoms with Crippen molar-refractivity contribution in [2.45, 2.75) is 36.8 Å². The third-order valence-electron chi connectivity index (χ3n) is 5.78. The molecular formula is C18H17F5INO6S. The highest BCUT2D eigenvalue weighted by Crippen LogP contribution is 2.53. The third-order valence-corrected chi connectivity index (χ3v) is 7.40. The molecule has 5 atom stereocenters. The van der Waals surface area contributed by atoms with E-state index in [0.29, 0.717) is 24.9 Å². The van der Waals surface area contributed by atoms with E-state index in [4.69, 9.17) is 4.55 Å². The van der Waals surface area contributed by atoms with Crippen LogP contribution in [-0.4, -0.2) is 42.4 Å². The van der Waals surface area contributed by atoms with Crippen LogP contribution in [-0.2, 0) is 24.4 Å². The van der Waals surface area contributed by atoms with Gasteiger partial charge in [0, 0.05) is 9.26 Å². The van der Waals surface area contributed by atoms with Crippen molar-refractivity contribution in [2.75, 3.05) is 5.32 Å². The zero-order chi connectivity index (χ0) is 24.1. The van der Waals surface area contributed by atoms with E-state index in [1.807, 2.05) is 22.6 Å². The Morgan fingerprint density at radius 3 is 2.09 bits per heavy atom. The Hall–Kier alpha value is -1.55. The number of carbonyl (C=O) groups excluding carboxylic acids is 2. The number of ether oxygens (including phenoxy) is 1. The van der Waals surface area contributed by atoms with Gasteiger partial charge >= 0.3 is 27.5 Å². The molecule has 14 heteroatoms. The molecule has 32 heavy (non-hydrogen) atoms. The molecule has 3 rings (SSSR count). The van der Waals surface area contributed by atoms with Gasteiger partial charge in [0.2, 0.25) is 5.91 Å². The summed E-state index contributed by atoms with van der Waals surface area (Å²) in [6.45, 7) is 0. The van der Waals surface area contributed by atoms with E-state index in [1.165, 1.54) is 0 Å². The minimum atomic E-state index is -6.55. The highest BCUT2D eigenvalue weighted by molar-refractivity contribution is 14.1. The lowest BCUT2D eigenvalue weighted by Crippen LogP contribution is -2.53. The minimum Gasteiger partial charge on any atom is -0.444 e. The van der Waals surface area contributed by atoms with Gasteiger partial charge in [0.25, 0.3) is 6.10 Å². The number of anilines is 1. The molecule has 2 N–H and O–H groups in total. The predicted octanol–water partition coefficient (Wildman–Crippen LogP) is 3.85. The van der Waals surface area contributed by atoms with Crippen LogP contribution in [0.4, 0.5) is 27.6 Å². The van der Waals surface area contributed by atoms with Crippen LogP contribution in [0, 0.1) is 27.2 Å². The smallest absolute Gasteiger partial charge is 0.432 e. The molecule has 2 fully saturated rings. The van der Waals surface area contributed by atoms with Gasteiger partial charge in [-0.25, -0.2) is 0 Å². The number of fused-ring (bicyclic) bond motifs is 2. The topological polar surface area (TPSA) is 110 Å². The molecule has 0 aromatic heterocycles. The maximum atomic E-state index is 13.8. The van der Waals surface area contributed by atoms with Gasteiger partial charge in [-0.3, -0.25) is 14.1 Å². The van der Waals surface area contributed by atoms with Crippen LogP contribution in [0.3, 0.4) is 0 Å². The molecule has 1 aromatic carbocycles. The average molecular weight is 597 g/mol. The third kappa shape index (κ3) is 4.85. The van der Waals surface area contributed by atoms with Gasteiger partial charge in [0.05, 0.1) is 11.8 Å². The highest BCUT2D eigenvalue weighted by Gasteiger charge is 2.67. The van der Waals surface area contributed by atoms with Crippen molar-refractivity contribution in [2.24, 2.45) is 23.7 Å². The SMILES string of the molecule is O=C(Nc1ccc(I)cc1)C1C2CCC(C2)C1C(=O)OC(C(F)(F)F)C(F)(F)S(=O)(=O)O. The van der Waals surface area contributed by atoms with Crippen LogP contribution in [0.1, 0.15) is 19.3 Å². The first kappa shape index (κ1) is 25.1. The standard InChI is InChI=1S/C18H17F5INO6S/c19-17(20,21)16(18(22,23)32(28,29)30)31-15(27)13-9-2-1-8(7-9)12(13)14(26)25-11-5-3-10(24)4-6-11/h3-6,8-9,12-13,16H,1-2,7H2,(H,25,26)(H,28,29,30). The van der Waals surface area contributed by atoms with E-state index in [2.05, 4.69) is 10.1 Å². The summed E-state index contributed by atoms with van der Waals surface area (Å²) < 4.78 is 102. The van der Waals surface area contributed by atoms with Crippen molar-refractivity contribution in [3.8, 4) is 0 Å². The van der Waals surface area contributed by atoms with Crippen LogP contribution in [0.15, 0.2) is 24.3 Å². The Morgan fingerprint density at radius 2 is 1.59 bits per heavy atom. The number of esters is 1. The molecule has 0 aliphatic heterocycles. The second-order valence-electron chi connectivity index (χ2n) is 7.78. The summed E-state index contributed by atoms with van der Waals surface area (Å²) in [6, 6.07) is 6.53. The Morgan fingerprint density at radius 1 is 1.06 bits per heavy atom. The lowest BCUT2D eigenvalue weighted by Gasteiger charge is -2.32. The van der Waals surface area contributed by atoms with Crippen molar-refractivity contribution in [3.05, 3.63) is 27.8 Å². The van der Waals surface area contributed by atoms with Gasteiger partial charge in [-0.05, 0) is 78.0 Å². The summed E-state index contributed by atoms with van der Waals surface area (Å²) in [5.41, 5.74) is 0.372. The fourth-order valence-electron chi connectivity index (χ4n) is 4.42.